The SMILES string of the molecule is Cc1cc(C(C)Nc2ccc(Cl)nc2C(=O)OC(C)(C)C)c2oc(-c3ccc(F)cc3F)c(C)c(=O)c2c1. The zero-order valence-corrected chi connectivity index (χ0v) is 22.6. The maximum atomic E-state index is 14.7. The predicted molar refractivity (Wildman–Crippen MR) is 144 cm³/mol. The van der Waals surface area contributed by atoms with Crippen molar-refractivity contribution in [1.29, 1.82) is 0 Å². The highest BCUT2D eigenvalue weighted by atomic mass is 35.5. The topological polar surface area (TPSA) is 81.4 Å². The lowest BCUT2D eigenvalue weighted by Gasteiger charge is -2.22. The van der Waals surface area contributed by atoms with E-state index in [9.17, 15) is 18.4 Å². The Bertz CT molecular complexity index is 1630. The van der Waals surface area contributed by atoms with Gasteiger partial charge in [0.25, 0.3) is 0 Å². The fraction of sp³-hybridized carbons (Fsp3) is 0.276. The molecule has 0 radical (unpaired) electrons. The summed E-state index contributed by atoms with van der Waals surface area (Å²) in [7, 11) is 0. The summed E-state index contributed by atoms with van der Waals surface area (Å²) in [5.74, 6) is -2.22. The van der Waals surface area contributed by atoms with Gasteiger partial charge in [0.2, 0.25) is 0 Å². The number of halogens is 3. The van der Waals surface area contributed by atoms with E-state index in [1.165, 1.54) is 12.1 Å². The summed E-state index contributed by atoms with van der Waals surface area (Å²) in [5, 5.41) is 3.69. The largest absolute Gasteiger partial charge is 0.455 e. The number of esters is 1. The molecule has 0 saturated carbocycles. The van der Waals surface area contributed by atoms with Crippen LogP contribution in [0.2, 0.25) is 5.15 Å². The van der Waals surface area contributed by atoms with E-state index in [0.29, 0.717) is 16.6 Å². The Morgan fingerprint density at radius 3 is 2.47 bits per heavy atom. The van der Waals surface area contributed by atoms with Crippen molar-refractivity contribution in [2.75, 3.05) is 5.32 Å². The van der Waals surface area contributed by atoms with Crippen molar-refractivity contribution in [2.24, 2.45) is 0 Å². The molecule has 0 amide bonds. The molecular weight excluding hydrogens is 514 g/mol. The van der Waals surface area contributed by atoms with Crippen molar-refractivity contribution in [2.45, 2.75) is 53.2 Å². The summed E-state index contributed by atoms with van der Waals surface area (Å²) in [6.45, 7) is 10.4. The highest BCUT2D eigenvalue weighted by Gasteiger charge is 2.25. The van der Waals surface area contributed by atoms with Crippen molar-refractivity contribution in [3.05, 3.63) is 91.9 Å². The molecule has 0 aliphatic rings. The van der Waals surface area contributed by atoms with Crippen LogP contribution in [0.25, 0.3) is 22.3 Å². The number of rotatable bonds is 5. The number of aromatic nitrogens is 1. The number of ether oxygens (including phenoxy) is 1. The van der Waals surface area contributed by atoms with Gasteiger partial charge in [-0.2, -0.15) is 0 Å². The fourth-order valence-electron chi connectivity index (χ4n) is 4.16. The third-order valence-corrected chi connectivity index (χ3v) is 6.07. The van der Waals surface area contributed by atoms with E-state index in [1.807, 2.05) is 19.9 Å². The number of carbonyl (C=O) groups is 1. The first-order chi connectivity index (χ1) is 17.7. The minimum absolute atomic E-state index is 0.00241. The Labute approximate surface area is 223 Å². The van der Waals surface area contributed by atoms with Crippen molar-refractivity contribution in [1.82, 2.24) is 4.98 Å². The number of hydrogen-bond donors (Lipinski definition) is 1. The minimum atomic E-state index is -0.843. The van der Waals surface area contributed by atoms with Crippen LogP contribution in [0.4, 0.5) is 14.5 Å². The van der Waals surface area contributed by atoms with Crippen LogP contribution in [-0.4, -0.2) is 16.6 Å². The van der Waals surface area contributed by atoms with Gasteiger partial charge in [0, 0.05) is 17.2 Å². The number of carbonyl (C=O) groups excluding carboxylic acids is 1. The van der Waals surface area contributed by atoms with Crippen LogP contribution in [0.1, 0.15) is 60.9 Å². The summed E-state index contributed by atoms with van der Waals surface area (Å²) in [6.07, 6.45) is 0. The van der Waals surface area contributed by atoms with Gasteiger partial charge in [-0.1, -0.05) is 17.7 Å². The molecule has 198 valence electrons. The third kappa shape index (κ3) is 5.55. The van der Waals surface area contributed by atoms with Crippen LogP contribution >= 0.6 is 11.6 Å². The van der Waals surface area contributed by atoms with Crippen LogP contribution < -0.4 is 10.7 Å². The molecule has 0 fully saturated rings. The van der Waals surface area contributed by atoms with E-state index in [1.54, 1.807) is 39.8 Å². The first-order valence-corrected chi connectivity index (χ1v) is 12.3. The van der Waals surface area contributed by atoms with Crippen LogP contribution in [0, 0.1) is 25.5 Å². The molecule has 0 aliphatic heterocycles. The van der Waals surface area contributed by atoms with Crippen LogP contribution in [0.5, 0.6) is 0 Å². The molecule has 0 bridgehead atoms. The number of nitrogens with one attached hydrogen (secondary N) is 1. The van der Waals surface area contributed by atoms with Crippen molar-refractivity contribution in [3.8, 4) is 11.3 Å². The Morgan fingerprint density at radius 1 is 1.11 bits per heavy atom. The van der Waals surface area contributed by atoms with Gasteiger partial charge >= 0.3 is 5.97 Å². The van der Waals surface area contributed by atoms with E-state index < -0.39 is 29.2 Å². The van der Waals surface area contributed by atoms with Crippen molar-refractivity contribution >= 4 is 34.2 Å². The minimum Gasteiger partial charge on any atom is -0.455 e. The second kappa shape index (κ2) is 10.2. The Kier molecular flexibility index (Phi) is 7.30. The van der Waals surface area contributed by atoms with Gasteiger partial charge < -0.3 is 14.5 Å². The van der Waals surface area contributed by atoms with Crippen molar-refractivity contribution in [3.63, 3.8) is 0 Å². The molecule has 0 aliphatic carbocycles. The summed E-state index contributed by atoms with van der Waals surface area (Å²) in [4.78, 5) is 30.4. The van der Waals surface area contributed by atoms with Gasteiger partial charge in [0.05, 0.1) is 22.7 Å². The monoisotopic (exact) mass is 540 g/mol. The Balaban J connectivity index is 1.85. The highest BCUT2D eigenvalue weighted by Crippen LogP contribution is 2.34. The molecule has 0 spiro atoms. The average Bonchev–Trinajstić information content (AvgIpc) is 2.81. The lowest BCUT2D eigenvalue weighted by Crippen LogP contribution is -2.25. The first-order valence-electron chi connectivity index (χ1n) is 11.9. The maximum absolute atomic E-state index is 14.7. The normalized spacial score (nSPS) is 12.4. The van der Waals surface area contributed by atoms with Gasteiger partial charge in [0.15, 0.2) is 11.1 Å². The molecule has 4 rings (SSSR count). The number of nitrogens with zero attached hydrogens (tertiary/aromatic N) is 1. The molecule has 2 aromatic heterocycles. The number of aryl methyl sites for hydroxylation is 1. The number of hydrogen-bond acceptors (Lipinski definition) is 6. The molecule has 9 heteroatoms. The van der Waals surface area contributed by atoms with Gasteiger partial charge in [0.1, 0.15) is 33.7 Å². The molecular formula is C29H27ClF2N2O4. The molecule has 4 aromatic rings. The Hall–Kier alpha value is -3.78. The van der Waals surface area contributed by atoms with E-state index in [0.717, 1.165) is 17.7 Å². The average molecular weight is 541 g/mol. The number of anilines is 1. The second-order valence-electron chi connectivity index (χ2n) is 10.1. The van der Waals surface area contributed by atoms with Gasteiger partial charge in [-0.25, -0.2) is 18.6 Å². The highest BCUT2D eigenvalue weighted by molar-refractivity contribution is 6.29. The van der Waals surface area contributed by atoms with Crippen LogP contribution in [-0.2, 0) is 4.74 Å². The predicted octanol–water partition coefficient (Wildman–Crippen LogP) is 7.53. The fourth-order valence-corrected chi connectivity index (χ4v) is 4.31. The molecule has 38 heavy (non-hydrogen) atoms. The first kappa shape index (κ1) is 27.3. The standard InChI is InChI=1S/C29H27ClF2N2O4/c1-14-11-19(16(3)33-22-9-10-23(30)34-24(22)28(36)38-29(4,5)6)27-20(12-14)25(35)15(2)26(37-27)18-8-7-17(31)13-21(18)32/h7-13,16,33H,1-6H3. The van der Waals surface area contributed by atoms with Crippen LogP contribution in [0.3, 0.4) is 0 Å². The molecule has 0 saturated heterocycles. The van der Waals surface area contributed by atoms with Gasteiger partial charge in [-0.15, -0.1) is 0 Å². The van der Waals surface area contributed by atoms with Crippen LogP contribution in [0.15, 0.2) is 51.7 Å². The maximum Gasteiger partial charge on any atom is 0.359 e. The van der Waals surface area contributed by atoms with E-state index in [4.69, 9.17) is 20.8 Å². The van der Waals surface area contributed by atoms with E-state index >= 15 is 0 Å². The molecule has 6 nitrogen and oxygen atoms in total. The van der Waals surface area contributed by atoms with E-state index in [-0.39, 0.29) is 38.7 Å². The quantitative estimate of drug-likeness (QED) is 0.208. The molecule has 2 heterocycles. The number of benzene rings is 2. The number of pyridine rings is 1. The summed E-state index contributed by atoms with van der Waals surface area (Å²) < 4.78 is 39.8. The molecule has 2 aromatic carbocycles. The zero-order valence-electron chi connectivity index (χ0n) is 21.8. The molecule has 1 N–H and O–H groups in total. The Morgan fingerprint density at radius 2 is 1.82 bits per heavy atom. The molecule has 1 atom stereocenters. The smallest absolute Gasteiger partial charge is 0.359 e. The van der Waals surface area contributed by atoms with Gasteiger partial charge in [-0.05, 0) is 77.4 Å². The van der Waals surface area contributed by atoms with E-state index in [2.05, 4.69) is 10.3 Å². The summed E-state index contributed by atoms with van der Waals surface area (Å²) >= 11 is 6.06. The lowest BCUT2D eigenvalue weighted by molar-refractivity contribution is 0.00640. The lowest BCUT2D eigenvalue weighted by atomic mass is 9.98. The van der Waals surface area contributed by atoms with Crippen molar-refractivity contribution < 1.29 is 22.7 Å². The molecule has 1 unspecified atom stereocenters. The zero-order chi connectivity index (χ0) is 27.9. The summed E-state index contributed by atoms with van der Waals surface area (Å²) in [5.41, 5.74) is 1.10. The second-order valence-corrected chi connectivity index (χ2v) is 10.5. The van der Waals surface area contributed by atoms with Gasteiger partial charge in [-0.3, -0.25) is 4.79 Å². The third-order valence-electron chi connectivity index (χ3n) is 5.86. The summed E-state index contributed by atoms with van der Waals surface area (Å²) in [6, 6.07) is 9.27. The number of fused-ring (bicyclic) bond motifs is 1.